The second kappa shape index (κ2) is 8.14. The molecule has 0 amide bonds. The average molecular weight is 442 g/mol. The molecule has 8 atom stereocenters. The van der Waals surface area contributed by atoms with Crippen LogP contribution in [0.4, 0.5) is 0 Å². The summed E-state index contributed by atoms with van der Waals surface area (Å²) in [5.41, 5.74) is 1.48. The van der Waals surface area contributed by atoms with Gasteiger partial charge in [-0.15, -0.1) is 0 Å². The molecule has 3 heterocycles. The van der Waals surface area contributed by atoms with E-state index in [0.29, 0.717) is 24.2 Å². The summed E-state index contributed by atoms with van der Waals surface area (Å²) in [6.45, 7) is 9.45. The number of hydrogen-bond donors (Lipinski definition) is 0. The number of fused-ring (bicyclic) bond motifs is 2. The van der Waals surface area contributed by atoms with E-state index in [1.54, 1.807) is 0 Å². The number of rotatable bonds is 5. The van der Waals surface area contributed by atoms with E-state index < -0.39 is 5.60 Å². The number of carbonyl (C=O) groups excluding carboxylic acids is 1. The molecule has 2 bridgehead atoms. The second-order valence-corrected chi connectivity index (χ2v) is 10.7. The van der Waals surface area contributed by atoms with Gasteiger partial charge in [0.05, 0.1) is 0 Å². The Morgan fingerprint density at radius 2 is 1.94 bits per heavy atom. The Morgan fingerprint density at radius 1 is 1.16 bits per heavy atom. The maximum atomic E-state index is 10.9. The lowest BCUT2D eigenvalue weighted by molar-refractivity contribution is -0.473. The first kappa shape index (κ1) is 21.9. The molecule has 5 fully saturated rings. The number of carbonyl (C=O) groups is 1. The highest BCUT2D eigenvalue weighted by Crippen LogP contribution is 2.60. The minimum atomic E-state index is -0.398. The molecule has 6 rings (SSSR count). The molecular weight excluding hydrogens is 406 g/mol. The monoisotopic (exact) mass is 441 g/mol. The van der Waals surface area contributed by atoms with Crippen molar-refractivity contribution in [2.75, 3.05) is 6.61 Å². The summed E-state index contributed by atoms with van der Waals surface area (Å²) in [7, 11) is 0. The van der Waals surface area contributed by atoms with E-state index in [4.69, 9.17) is 24.2 Å². The Morgan fingerprint density at radius 3 is 2.69 bits per heavy atom. The van der Waals surface area contributed by atoms with Gasteiger partial charge in [0.25, 0.3) is 6.47 Å². The van der Waals surface area contributed by atoms with Crippen molar-refractivity contribution in [3.8, 4) is 0 Å². The Labute approximate surface area is 190 Å². The Bertz CT molecular complexity index is 885. The van der Waals surface area contributed by atoms with Crippen molar-refractivity contribution in [2.45, 2.75) is 83.1 Å². The summed E-state index contributed by atoms with van der Waals surface area (Å²) in [6, 6.07) is 7.94. The second-order valence-electron chi connectivity index (χ2n) is 10.7. The van der Waals surface area contributed by atoms with Gasteiger partial charge in [0.2, 0.25) is 0 Å². The highest BCUT2D eigenvalue weighted by Gasteiger charge is 2.68. The first-order chi connectivity index (χ1) is 15.4. The number of benzene rings is 1. The van der Waals surface area contributed by atoms with E-state index in [9.17, 15) is 4.79 Å². The van der Waals surface area contributed by atoms with E-state index in [1.165, 1.54) is 12.0 Å². The van der Waals surface area contributed by atoms with Gasteiger partial charge in [-0.05, 0) is 56.9 Å². The van der Waals surface area contributed by atoms with Gasteiger partial charge in [0.1, 0.15) is 30.0 Å². The molecule has 6 nitrogen and oxygen atoms in total. The van der Waals surface area contributed by atoms with Crippen LogP contribution >= 0.6 is 0 Å². The molecule has 2 aliphatic carbocycles. The maximum Gasteiger partial charge on any atom is 0.293 e. The summed E-state index contributed by atoms with van der Waals surface area (Å²) < 4.78 is 11.9. The van der Waals surface area contributed by atoms with Gasteiger partial charge in [0, 0.05) is 18.3 Å². The molecule has 5 aliphatic rings. The minimum Gasteiger partial charge on any atom is -0.474 e. The van der Waals surface area contributed by atoms with Crippen LogP contribution in [0.3, 0.4) is 0 Å². The van der Waals surface area contributed by atoms with Gasteiger partial charge in [0.15, 0.2) is 5.90 Å². The summed E-state index contributed by atoms with van der Waals surface area (Å²) >= 11 is 0. The van der Waals surface area contributed by atoms with E-state index in [1.807, 2.05) is 0 Å². The van der Waals surface area contributed by atoms with E-state index in [0.717, 1.165) is 37.1 Å². The largest absolute Gasteiger partial charge is 0.474 e. The van der Waals surface area contributed by atoms with Crippen LogP contribution in [0.1, 0.15) is 70.0 Å². The number of aliphatic imine (C=N–C) groups is 1. The maximum absolute atomic E-state index is 10.9. The summed E-state index contributed by atoms with van der Waals surface area (Å²) in [5.74, 6) is 2.20. The average Bonchev–Trinajstić information content (AvgIpc) is 3.01. The lowest BCUT2D eigenvalue weighted by Gasteiger charge is -2.59. The zero-order valence-corrected chi connectivity index (χ0v) is 19.6. The number of nitrogens with zero attached hydrogens (tertiary/aromatic N) is 1. The van der Waals surface area contributed by atoms with Crippen LogP contribution in [-0.2, 0) is 24.0 Å². The summed E-state index contributed by atoms with van der Waals surface area (Å²) in [6.07, 6.45) is 5.14. The third-order valence-electron chi connectivity index (χ3n) is 8.59. The van der Waals surface area contributed by atoms with Crippen LogP contribution in [0.25, 0.3) is 0 Å². The number of aryl methyl sites for hydroxylation is 1. The van der Waals surface area contributed by atoms with Gasteiger partial charge < -0.3 is 9.47 Å². The van der Waals surface area contributed by atoms with Crippen LogP contribution < -0.4 is 0 Å². The molecule has 6 heteroatoms. The van der Waals surface area contributed by atoms with Crippen LogP contribution in [0, 0.1) is 30.6 Å². The van der Waals surface area contributed by atoms with Gasteiger partial charge >= 0.3 is 0 Å². The molecule has 1 spiro atoms. The van der Waals surface area contributed by atoms with Crippen molar-refractivity contribution in [2.24, 2.45) is 28.7 Å². The Kier molecular flexibility index (Phi) is 5.57. The molecule has 1 aromatic rings. The minimum absolute atomic E-state index is 0.0675. The number of ether oxygens (including phenoxy) is 2. The molecule has 0 aromatic heterocycles. The first-order valence-corrected chi connectivity index (χ1v) is 12.1. The molecule has 3 aliphatic heterocycles. The van der Waals surface area contributed by atoms with Crippen LogP contribution in [0.5, 0.6) is 0 Å². The zero-order chi connectivity index (χ0) is 22.5. The van der Waals surface area contributed by atoms with Gasteiger partial charge in [-0.2, -0.15) is 0 Å². The van der Waals surface area contributed by atoms with Gasteiger partial charge in [-0.25, -0.2) is 14.8 Å². The van der Waals surface area contributed by atoms with Crippen molar-refractivity contribution in [3.05, 3.63) is 35.4 Å². The molecule has 0 N–H and O–H groups in total. The lowest BCUT2D eigenvalue weighted by Crippen LogP contribution is -2.68. The normalized spacial score (nSPS) is 42.5. The predicted octanol–water partition coefficient (Wildman–Crippen LogP) is 4.95. The highest BCUT2D eigenvalue weighted by molar-refractivity contribution is 5.80. The topological polar surface area (TPSA) is 66.4 Å². The Hall–Kier alpha value is -1.92. The van der Waals surface area contributed by atoms with Crippen molar-refractivity contribution >= 4 is 12.4 Å². The smallest absolute Gasteiger partial charge is 0.293 e. The standard InChI is InChI=1S/C26H35NO5/c1-16-5-8-19(9-6-16)22(14-29-15-28)27-24-18(3)21-10-7-17(2)20-11-12-25(4)13-23(30-24)26(20,21)32-31-25/h5-6,8-9,15,17-18,20-23H,7,10-14H2,1-4H3/t17-,18-,20?,21?,22?,23-,25-,26-/m0/s1. The number of hydrogen-bond acceptors (Lipinski definition) is 6. The fourth-order valence-corrected chi connectivity index (χ4v) is 6.75. The van der Waals surface area contributed by atoms with Gasteiger partial charge in [-0.3, -0.25) is 4.79 Å². The SMILES string of the molecule is Cc1ccc(C(COC=O)N=C2O[C@H]3C[C@]4(C)CCC5[C@@H](C)CCC([C@@H]2C)[C@@]53OO4)cc1. The van der Waals surface area contributed by atoms with Crippen molar-refractivity contribution in [1.29, 1.82) is 0 Å². The van der Waals surface area contributed by atoms with Crippen LogP contribution in [0.15, 0.2) is 29.3 Å². The molecule has 1 aromatic carbocycles. The summed E-state index contributed by atoms with van der Waals surface area (Å²) in [5, 5.41) is 0. The van der Waals surface area contributed by atoms with Crippen molar-refractivity contribution in [1.82, 2.24) is 0 Å². The van der Waals surface area contributed by atoms with Crippen LogP contribution in [-0.4, -0.2) is 36.3 Å². The predicted molar refractivity (Wildman–Crippen MR) is 120 cm³/mol. The molecule has 2 saturated carbocycles. The Balaban J connectivity index is 1.52. The van der Waals surface area contributed by atoms with Gasteiger partial charge in [-0.1, -0.05) is 43.7 Å². The molecule has 32 heavy (non-hydrogen) atoms. The molecule has 0 radical (unpaired) electrons. The third-order valence-corrected chi connectivity index (χ3v) is 8.59. The molecule has 3 saturated heterocycles. The highest BCUT2D eigenvalue weighted by atomic mass is 17.2. The lowest BCUT2D eigenvalue weighted by atomic mass is 9.56. The third kappa shape index (κ3) is 3.47. The fraction of sp³-hybridized carbons (Fsp3) is 0.692. The fourth-order valence-electron chi connectivity index (χ4n) is 6.75. The molecular formula is C26H35NO5. The van der Waals surface area contributed by atoms with Crippen molar-refractivity contribution in [3.63, 3.8) is 0 Å². The van der Waals surface area contributed by atoms with Crippen LogP contribution in [0.2, 0.25) is 0 Å². The molecule has 3 unspecified atom stereocenters. The van der Waals surface area contributed by atoms with E-state index in [2.05, 4.69) is 52.0 Å². The first-order valence-electron chi connectivity index (χ1n) is 12.1. The van der Waals surface area contributed by atoms with E-state index >= 15 is 0 Å². The molecule has 174 valence electrons. The zero-order valence-electron chi connectivity index (χ0n) is 19.6. The summed E-state index contributed by atoms with van der Waals surface area (Å²) in [4.78, 5) is 28.4. The quantitative estimate of drug-likeness (QED) is 0.478. The van der Waals surface area contributed by atoms with Crippen molar-refractivity contribution < 1.29 is 24.0 Å². The van der Waals surface area contributed by atoms with E-state index in [-0.39, 0.29) is 30.3 Å².